The number of rotatable bonds is 7. The van der Waals surface area contributed by atoms with Crippen molar-refractivity contribution in [2.75, 3.05) is 40.3 Å². The molecule has 0 spiro atoms. The van der Waals surface area contributed by atoms with Gasteiger partial charge < -0.3 is 9.74 Å². The molecule has 1 atom stereocenters. The van der Waals surface area contributed by atoms with Crippen molar-refractivity contribution in [3.05, 3.63) is 54.1 Å². The summed E-state index contributed by atoms with van der Waals surface area (Å²) in [5.41, 5.74) is 2.11. The van der Waals surface area contributed by atoms with E-state index in [-0.39, 0.29) is 10.8 Å². The van der Waals surface area contributed by atoms with E-state index in [4.69, 9.17) is 4.84 Å². The first-order valence-electron chi connectivity index (χ1n) is 10.8. The zero-order valence-electron chi connectivity index (χ0n) is 19.0. The van der Waals surface area contributed by atoms with Crippen LogP contribution in [0.15, 0.2) is 53.4 Å². The van der Waals surface area contributed by atoms with Crippen LogP contribution in [0.4, 0.5) is 0 Å². The highest BCUT2D eigenvalue weighted by Gasteiger charge is 2.27. The number of sulfonamides is 1. The molecule has 2 aromatic carbocycles. The zero-order valence-corrected chi connectivity index (χ0v) is 19.8. The second-order valence-electron chi connectivity index (χ2n) is 8.23. The highest BCUT2D eigenvalue weighted by molar-refractivity contribution is 7.89. The molecular weight excluding hydrogens is 444 g/mol. The van der Waals surface area contributed by atoms with Crippen molar-refractivity contribution < 1.29 is 18.0 Å². The van der Waals surface area contributed by atoms with Crippen molar-refractivity contribution >= 4 is 27.0 Å². The molecule has 4 rings (SSSR count). The summed E-state index contributed by atoms with van der Waals surface area (Å²) in [5.74, 6) is -0.143. The van der Waals surface area contributed by atoms with Gasteiger partial charge in [-0.3, -0.25) is 9.69 Å². The number of carbonyl (C=O) groups is 1. The van der Waals surface area contributed by atoms with Gasteiger partial charge in [-0.25, -0.2) is 12.7 Å². The van der Waals surface area contributed by atoms with E-state index >= 15 is 0 Å². The summed E-state index contributed by atoms with van der Waals surface area (Å²) >= 11 is 0. The molecule has 1 aromatic heterocycles. The average molecular weight is 473 g/mol. The molecule has 33 heavy (non-hydrogen) atoms. The second kappa shape index (κ2) is 9.46. The number of amides is 1. The quantitative estimate of drug-likeness (QED) is 0.502. The lowest BCUT2D eigenvalue weighted by molar-refractivity contribution is -0.145. The summed E-state index contributed by atoms with van der Waals surface area (Å²) in [6.45, 7) is 5.31. The molecule has 0 saturated carbocycles. The fraction of sp³-hybridized carbons (Fsp3) is 0.409. The SMILES string of the molecule is CC(On1nnc2ccc(S(=O)(=O)N(C)C)cc21)C(=O)N1CCN(Cc2ccccc2)CC1. The van der Waals surface area contributed by atoms with E-state index in [1.54, 1.807) is 17.9 Å². The third kappa shape index (κ3) is 5.00. The fourth-order valence-corrected chi connectivity index (χ4v) is 4.67. The molecule has 1 aliphatic rings. The van der Waals surface area contributed by atoms with Crippen molar-refractivity contribution in [3.8, 4) is 0 Å². The first-order chi connectivity index (χ1) is 15.8. The predicted molar refractivity (Wildman–Crippen MR) is 123 cm³/mol. The molecule has 0 bridgehead atoms. The summed E-state index contributed by atoms with van der Waals surface area (Å²) in [7, 11) is -0.695. The maximum absolute atomic E-state index is 13.0. The first kappa shape index (κ1) is 23.1. The van der Waals surface area contributed by atoms with Gasteiger partial charge >= 0.3 is 0 Å². The number of nitrogens with zero attached hydrogens (tertiary/aromatic N) is 6. The van der Waals surface area contributed by atoms with Crippen molar-refractivity contribution in [1.82, 2.24) is 29.3 Å². The Hall–Kier alpha value is -3.02. The minimum absolute atomic E-state index is 0.0978. The lowest BCUT2D eigenvalue weighted by atomic mass is 10.2. The predicted octanol–water partition coefficient (Wildman–Crippen LogP) is 0.843. The molecular formula is C22H28N6O4S. The summed E-state index contributed by atoms with van der Waals surface area (Å²) in [6, 6.07) is 14.8. The van der Waals surface area contributed by atoms with Gasteiger partial charge in [-0.15, -0.1) is 5.10 Å². The molecule has 0 N–H and O–H groups in total. The Labute approximate surface area is 193 Å². The molecule has 1 amide bonds. The Balaban J connectivity index is 1.40. The van der Waals surface area contributed by atoms with Crippen LogP contribution in [0.5, 0.6) is 0 Å². The summed E-state index contributed by atoms with van der Waals surface area (Å²) in [4.78, 5) is 24.1. The van der Waals surface area contributed by atoms with Crippen molar-refractivity contribution in [3.63, 3.8) is 0 Å². The van der Waals surface area contributed by atoms with Gasteiger partial charge in [0.05, 0.1) is 4.90 Å². The number of carbonyl (C=O) groups excluding carboxylic acids is 1. The molecule has 0 aliphatic carbocycles. The van der Waals surface area contributed by atoms with Crippen molar-refractivity contribution in [2.24, 2.45) is 0 Å². The maximum Gasteiger partial charge on any atom is 0.266 e. The van der Waals surface area contributed by atoms with Crippen LogP contribution >= 0.6 is 0 Å². The highest BCUT2D eigenvalue weighted by Crippen LogP contribution is 2.19. The van der Waals surface area contributed by atoms with Gasteiger partial charge in [-0.1, -0.05) is 35.2 Å². The van der Waals surface area contributed by atoms with Gasteiger partial charge in [0.1, 0.15) is 11.0 Å². The second-order valence-corrected chi connectivity index (χ2v) is 10.4. The molecule has 10 nitrogen and oxygen atoms in total. The van der Waals surface area contributed by atoms with E-state index < -0.39 is 16.1 Å². The lowest BCUT2D eigenvalue weighted by Gasteiger charge is -2.35. The van der Waals surface area contributed by atoms with E-state index in [1.165, 1.54) is 31.8 Å². The molecule has 176 valence electrons. The molecule has 2 heterocycles. The first-order valence-corrected chi connectivity index (χ1v) is 12.2. The van der Waals surface area contributed by atoms with E-state index in [0.717, 1.165) is 28.8 Å². The minimum atomic E-state index is -3.62. The normalized spacial score (nSPS) is 16.3. The number of hydrogen-bond acceptors (Lipinski definition) is 7. The third-order valence-electron chi connectivity index (χ3n) is 5.70. The topological polar surface area (TPSA) is 101 Å². The Morgan fingerprint density at radius 3 is 2.45 bits per heavy atom. The summed E-state index contributed by atoms with van der Waals surface area (Å²) < 4.78 is 26.0. The molecule has 11 heteroatoms. The van der Waals surface area contributed by atoms with Crippen LogP contribution in [0, 0.1) is 0 Å². The van der Waals surface area contributed by atoms with Gasteiger partial charge in [0, 0.05) is 46.8 Å². The highest BCUT2D eigenvalue weighted by atomic mass is 32.2. The molecule has 1 saturated heterocycles. The van der Waals surface area contributed by atoms with Gasteiger partial charge in [0.2, 0.25) is 16.1 Å². The number of piperazine rings is 1. The number of fused-ring (bicyclic) bond motifs is 1. The molecule has 1 unspecified atom stereocenters. The molecule has 1 aliphatic heterocycles. The standard InChI is InChI=1S/C22H28N6O4S/c1-17(22(29)27-13-11-26(12-14-27)16-18-7-5-4-6-8-18)32-28-21-15-19(33(30,31)25(2)3)9-10-20(21)23-24-28/h4-10,15,17H,11-14,16H2,1-3H3. The van der Waals surface area contributed by atoms with Crippen LogP contribution < -0.4 is 4.84 Å². The molecule has 0 radical (unpaired) electrons. The zero-order chi connectivity index (χ0) is 23.6. The summed E-state index contributed by atoms with van der Waals surface area (Å²) in [6.07, 6.45) is -0.801. The van der Waals surface area contributed by atoms with Crippen LogP contribution in [0.25, 0.3) is 11.0 Å². The van der Waals surface area contributed by atoms with Crippen molar-refractivity contribution in [1.29, 1.82) is 0 Å². The minimum Gasteiger partial charge on any atom is -0.382 e. The largest absolute Gasteiger partial charge is 0.382 e. The van der Waals surface area contributed by atoms with Gasteiger partial charge in [0.15, 0.2) is 0 Å². The third-order valence-corrected chi connectivity index (χ3v) is 7.52. The monoisotopic (exact) mass is 472 g/mol. The molecule has 3 aromatic rings. The van der Waals surface area contributed by atoms with Crippen LogP contribution in [-0.2, 0) is 21.4 Å². The van der Waals surface area contributed by atoms with E-state index in [9.17, 15) is 13.2 Å². The van der Waals surface area contributed by atoms with Crippen LogP contribution in [0.3, 0.4) is 0 Å². The van der Waals surface area contributed by atoms with Crippen LogP contribution in [0.2, 0.25) is 0 Å². The Morgan fingerprint density at radius 1 is 1.09 bits per heavy atom. The van der Waals surface area contributed by atoms with Crippen molar-refractivity contribution in [2.45, 2.75) is 24.5 Å². The average Bonchev–Trinajstić information content (AvgIpc) is 3.21. The number of benzene rings is 2. The summed E-state index contributed by atoms with van der Waals surface area (Å²) in [5, 5.41) is 7.96. The van der Waals surface area contributed by atoms with Crippen LogP contribution in [-0.4, -0.2) is 90.0 Å². The fourth-order valence-electron chi connectivity index (χ4n) is 3.75. The number of aromatic nitrogens is 3. The molecule has 1 fully saturated rings. The van der Waals surface area contributed by atoms with E-state index in [2.05, 4.69) is 27.3 Å². The maximum atomic E-state index is 13.0. The van der Waals surface area contributed by atoms with Gasteiger partial charge in [0.25, 0.3) is 5.91 Å². The van der Waals surface area contributed by atoms with E-state index in [0.29, 0.717) is 24.1 Å². The smallest absolute Gasteiger partial charge is 0.266 e. The van der Waals surface area contributed by atoms with Gasteiger partial charge in [-0.2, -0.15) is 0 Å². The Bertz CT molecular complexity index is 1220. The van der Waals surface area contributed by atoms with Crippen LogP contribution in [0.1, 0.15) is 12.5 Å². The Morgan fingerprint density at radius 2 is 1.79 bits per heavy atom. The van der Waals surface area contributed by atoms with Gasteiger partial charge in [-0.05, 0) is 35.9 Å². The number of hydrogen-bond donors (Lipinski definition) is 0. The lowest BCUT2D eigenvalue weighted by Crippen LogP contribution is -2.52. The Kier molecular flexibility index (Phi) is 6.63. The van der Waals surface area contributed by atoms with E-state index in [1.807, 2.05) is 18.2 Å².